The first kappa shape index (κ1) is 15.9. The van der Waals surface area contributed by atoms with Gasteiger partial charge < -0.3 is 14.0 Å². The Hall–Kier alpha value is -1.45. The minimum Gasteiger partial charge on any atom is -0.381 e. The Morgan fingerprint density at radius 1 is 1.43 bits per heavy atom. The second-order valence-corrected chi connectivity index (χ2v) is 6.00. The third kappa shape index (κ3) is 3.42. The van der Waals surface area contributed by atoms with Crippen molar-refractivity contribution < 1.29 is 14.0 Å². The maximum Gasteiger partial charge on any atom is 0.227 e. The Kier molecular flexibility index (Phi) is 4.96. The highest BCUT2D eigenvalue weighted by Crippen LogP contribution is 2.35. The minimum atomic E-state index is -0.502. The summed E-state index contributed by atoms with van der Waals surface area (Å²) in [6, 6.07) is 2.24. The molecule has 0 spiro atoms. The number of hydrogen-bond acceptors (Lipinski definition) is 6. The van der Waals surface area contributed by atoms with Gasteiger partial charge in [-0.1, -0.05) is 19.0 Å². The lowest BCUT2D eigenvalue weighted by Gasteiger charge is -2.32. The zero-order valence-electron chi connectivity index (χ0n) is 13.0. The van der Waals surface area contributed by atoms with Crippen LogP contribution in [0.2, 0.25) is 0 Å². The van der Waals surface area contributed by atoms with Crippen molar-refractivity contribution in [2.24, 2.45) is 5.41 Å². The molecule has 1 atom stereocenters. The zero-order valence-corrected chi connectivity index (χ0v) is 13.0. The van der Waals surface area contributed by atoms with Crippen LogP contribution in [0.25, 0.3) is 0 Å². The van der Waals surface area contributed by atoms with Crippen LogP contribution >= 0.6 is 0 Å². The lowest BCUT2D eigenvalue weighted by molar-refractivity contribution is -0.101. The van der Waals surface area contributed by atoms with Crippen LogP contribution in [0, 0.1) is 16.7 Å². The van der Waals surface area contributed by atoms with E-state index in [1.807, 2.05) is 0 Å². The summed E-state index contributed by atoms with van der Waals surface area (Å²) in [5.74, 6) is 1.17. The van der Waals surface area contributed by atoms with Gasteiger partial charge >= 0.3 is 0 Å². The molecule has 0 bridgehead atoms. The Bertz CT molecular complexity index is 503. The molecule has 1 aromatic rings. The average Bonchev–Trinajstić information content (AvgIpc) is 2.97. The van der Waals surface area contributed by atoms with Crippen LogP contribution in [-0.2, 0) is 21.5 Å². The fraction of sp³-hybridized carbons (Fsp3) is 0.800. The molecule has 116 valence electrons. The van der Waals surface area contributed by atoms with E-state index in [1.54, 1.807) is 7.11 Å². The number of aromatic nitrogens is 2. The predicted molar refractivity (Wildman–Crippen MR) is 75.4 cm³/mol. The number of nitriles is 1. The summed E-state index contributed by atoms with van der Waals surface area (Å²) in [6.45, 7) is 5.42. The molecule has 0 N–H and O–H groups in total. The van der Waals surface area contributed by atoms with Crippen LogP contribution < -0.4 is 0 Å². The molecular weight excluding hydrogens is 270 g/mol. The van der Waals surface area contributed by atoms with Gasteiger partial charge in [0.1, 0.15) is 5.60 Å². The standard InChI is InChI=1S/C15H23N3O3/c1-4-14(2,5-8-16)11-12-17-13(18-21-12)15(19-3)6-9-20-10-7-15/h4-7,9-11H2,1-3H3. The molecule has 1 aliphatic rings. The number of rotatable bonds is 6. The first-order chi connectivity index (χ1) is 10.1. The summed E-state index contributed by atoms with van der Waals surface area (Å²) < 4.78 is 16.4. The average molecular weight is 293 g/mol. The normalized spacial score (nSPS) is 20.7. The summed E-state index contributed by atoms with van der Waals surface area (Å²) in [5.41, 5.74) is -0.633. The van der Waals surface area contributed by atoms with Crippen molar-refractivity contribution in [2.45, 2.75) is 51.6 Å². The lowest BCUT2D eigenvalue weighted by Crippen LogP contribution is -2.36. The summed E-state index contributed by atoms with van der Waals surface area (Å²) in [7, 11) is 1.67. The van der Waals surface area contributed by atoms with Crippen LogP contribution in [0.1, 0.15) is 51.2 Å². The SMILES string of the molecule is CCC(C)(CC#N)Cc1nc(C2(OC)CCOCC2)no1. The maximum absolute atomic E-state index is 8.95. The number of nitrogens with zero attached hydrogens (tertiary/aromatic N) is 3. The second kappa shape index (κ2) is 6.54. The van der Waals surface area contributed by atoms with E-state index in [9.17, 15) is 0 Å². The minimum absolute atomic E-state index is 0.130. The topological polar surface area (TPSA) is 81.2 Å². The maximum atomic E-state index is 8.95. The van der Waals surface area contributed by atoms with Crippen molar-refractivity contribution in [3.8, 4) is 6.07 Å². The molecule has 2 heterocycles. The Balaban J connectivity index is 2.15. The zero-order chi connectivity index (χ0) is 15.3. The summed E-state index contributed by atoms with van der Waals surface area (Å²) >= 11 is 0. The molecule has 6 nitrogen and oxygen atoms in total. The molecule has 0 aliphatic carbocycles. The van der Waals surface area contributed by atoms with E-state index in [0.29, 0.717) is 37.8 Å². The number of methoxy groups -OCH3 is 1. The number of hydrogen-bond donors (Lipinski definition) is 0. The van der Waals surface area contributed by atoms with Gasteiger partial charge in [0.2, 0.25) is 11.7 Å². The second-order valence-electron chi connectivity index (χ2n) is 6.00. The van der Waals surface area contributed by atoms with Gasteiger partial charge in [-0.25, -0.2) is 0 Å². The van der Waals surface area contributed by atoms with Crippen LogP contribution in [0.5, 0.6) is 0 Å². The van der Waals surface area contributed by atoms with Crippen LogP contribution in [0.15, 0.2) is 4.52 Å². The molecule has 1 unspecified atom stereocenters. The molecule has 0 saturated carbocycles. The van der Waals surface area contributed by atoms with Crippen LogP contribution in [0.3, 0.4) is 0 Å². The lowest BCUT2D eigenvalue weighted by atomic mass is 9.81. The molecule has 1 aliphatic heterocycles. The molecule has 0 radical (unpaired) electrons. The van der Waals surface area contributed by atoms with Crippen molar-refractivity contribution >= 4 is 0 Å². The monoisotopic (exact) mass is 293 g/mol. The smallest absolute Gasteiger partial charge is 0.227 e. The van der Waals surface area contributed by atoms with E-state index in [2.05, 4.69) is 30.1 Å². The molecule has 0 aromatic carbocycles. The molecule has 1 saturated heterocycles. The molecule has 21 heavy (non-hydrogen) atoms. The van der Waals surface area contributed by atoms with Gasteiger partial charge in [-0.05, 0) is 11.8 Å². The third-order valence-corrected chi connectivity index (χ3v) is 4.50. The Labute approximate surface area is 125 Å². The molecule has 6 heteroatoms. The van der Waals surface area contributed by atoms with Gasteiger partial charge in [0.15, 0.2) is 0 Å². The third-order valence-electron chi connectivity index (χ3n) is 4.50. The molecule has 0 amide bonds. The summed E-state index contributed by atoms with van der Waals surface area (Å²) in [4.78, 5) is 4.52. The molecular formula is C15H23N3O3. The van der Waals surface area contributed by atoms with E-state index in [0.717, 1.165) is 19.3 Å². The van der Waals surface area contributed by atoms with Gasteiger partial charge in [0.25, 0.3) is 0 Å². The number of ether oxygens (including phenoxy) is 2. The Morgan fingerprint density at radius 2 is 2.14 bits per heavy atom. The van der Waals surface area contributed by atoms with E-state index in [4.69, 9.17) is 19.3 Å². The molecule has 1 fully saturated rings. The fourth-order valence-electron chi connectivity index (χ4n) is 2.60. The van der Waals surface area contributed by atoms with E-state index in [1.165, 1.54) is 0 Å². The van der Waals surface area contributed by atoms with Crippen molar-refractivity contribution in [3.63, 3.8) is 0 Å². The van der Waals surface area contributed by atoms with Crippen molar-refractivity contribution in [1.29, 1.82) is 5.26 Å². The largest absolute Gasteiger partial charge is 0.381 e. The highest BCUT2D eigenvalue weighted by atomic mass is 16.5. The highest BCUT2D eigenvalue weighted by molar-refractivity contribution is 5.04. The highest BCUT2D eigenvalue weighted by Gasteiger charge is 2.39. The van der Waals surface area contributed by atoms with Gasteiger partial charge in [0.05, 0.1) is 6.07 Å². The summed E-state index contributed by atoms with van der Waals surface area (Å²) in [5, 5.41) is 13.1. The predicted octanol–water partition coefficient (Wildman–Crippen LogP) is 2.59. The van der Waals surface area contributed by atoms with Gasteiger partial charge in [-0.3, -0.25) is 0 Å². The van der Waals surface area contributed by atoms with Crippen molar-refractivity contribution in [1.82, 2.24) is 10.1 Å². The van der Waals surface area contributed by atoms with E-state index < -0.39 is 5.60 Å². The van der Waals surface area contributed by atoms with Crippen LogP contribution in [-0.4, -0.2) is 30.5 Å². The first-order valence-corrected chi connectivity index (χ1v) is 7.40. The van der Waals surface area contributed by atoms with Crippen LogP contribution in [0.4, 0.5) is 0 Å². The van der Waals surface area contributed by atoms with Gasteiger partial charge in [-0.15, -0.1) is 0 Å². The van der Waals surface area contributed by atoms with Gasteiger partial charge in [-0.2, -0.15) is 10.2 Å². The molecule has 1 aromatic heterocycles. The Morgan fingerprint density at radius 3 is 2.71 bits per heavy atom. The van der Waals surface area contributed by atoms with E-state index in [-0.39, 0.29) is 5.41 Å². The summed E-state index contributed by atoms with van der Waals surface area (Å²) in [6.07, 6.45) is 3.43. The van der Waals surface area contributed by atoms with Crippen molar-refractivity contribution in [3.05, 3.63) is 11.7 Å². The van der Waals surface area contributed by atoms with Gasteiger partial charge in [0, 0.05) is 46.0 Å². The van der Waals surface area contributed by atoms with Crippen molar-refractivity contribution in [2.75, 3.05) is 20.3 Å². The molecule has 2 rings (SSSR count). The van der Waals surface area contributed by atoms with E-state index >= 15 is 0 Å². The first-order valence-electron chi connectivity index (χ1n) is 7.40. The quantitative estimate of drug-likeness (QED) is 0.802. The fourth-order valence-corrected chi connectivity index (χ4v) is 2.60.